The molecular weight excluding hydrogens is 211 g/mol. The topological polar surface area (TPSA) is 0 Å². The Kier molecular flexibility index (Phi) is 2.74. The number of hydrogen-bond donors (Lipinski definition) is 0. The van der Waals surface area contributed by atoms with E-state index >= 15 is 0 Å². The predicted octanol–water partition coefficient (Wildman–Crippen LogP) is 4.25. The Bertz CT molecular complexity index is 492. The highest BCUT2D eigenvalue weighted by atomic mass is 35.5. The summed E-state index contributed by atoms with van der Waals surface area (Å²) in [5, 5.41) is 0.649. The summed E-state index contributed by atoms with van der Waals surface area (Å²) >= 11 is 5.98. The molecule has 0 bridgehead atoms. The summed E-state index contributed by atoms with van der Waals surface area (Å²) < 4.78 is 13.4. The highest BCUT2D eigenvalue weighted by Gasteiger charge is 2.05. The lowest BCUT2D eigenvalue weighted by atomic mass is 10.0. The Hall–Kier alpha value is -1.34. The van der Waals surface area contributed by atoms with Gasteiger partial charge in [0.2, 0.25) is 0 Å². The third kappa shape index (κ3) is 2.02. The summed E-state index contributed by atoms with van der Waals surface area (Å²) in [6.45, 7) is 1.92. The molecule has 0 saturated carbocycles. The summed E-state index contributed by atoms with van der Waals surface area (Å²) in [6, 6.07) is 13.0. The molecule has 2 aromatic carbocycles. The van der Waals surface area contributed by atoms with Crippen molar-refractivity contribution in [2.45, 2.75) is 6.92 Å². The second kappa shape index (κ2) is 4.03. The zero-order chi connectivity index (χ0) is 10.8. The molecule has 0 aliphatic rings. The summed E-state index contributed by atoms with van der Waals surface area (Å²) in [5.74, 6) is -0.350. The molecule has 0 aliphatic heterocycles. The van der Waals surface area contributed by atoms with Gasteiger partial charge in [0.1, 0.15) is 5.82 Å². The van der Waals surface area contributed by atoms with Gasteiger partial charge < -0.3 is 0 Å². The molecule has 2 rings (SSSR count). The molecular formula is C13H9ClF. The average Bonchev–Trinajstić information content (AvgIpc) is 2.23. The third-order valence-electron chi connectivity index (χ3n) is 2.29. The fraction of sp³-hybridized carbons (Fsp3) is 0.0769. The van der Waals surface area contributed by atoms with Crippen molar-refractivity contribution in [2.75, 3.05) is 0 Å². The Labute approximate surface area is 93.3 Å². The molecule has 1 radical (unpaired) electrons. The van der Waals surface area contributed by atoms with Gasteiger partial charge in [0.15, 0.2) is 0 Å². The lowest BCUT2D eigenvalue weighted by Crippen LogP contribution is -1.84. The molecule has 0 unspecified atom stereocenters. The zero-order valence-corrected chi connectivity index (χ0v) is 8.98. The normalized spacial score (nSPS) is 10.3. The molecule has 0 atom stereocenters. The van der Waals surface area contributed by atoms with Crippen molar-refractivity contribution in [3.8, 4) is 11.1 Å². The van der Waals surface area contributed by atoms with Gasteiger partial charge in [0.05, 0.1) is 0 Å². The van der Waals surface area contributed by atoms with Crippen molar-refractivity contribution in [1.29, 1.82) is 0 Å². The van der Waals surface area contributed by atoms with Crippen molar-refractivity contribution >= 4 is 11.6 Å². The fourth-order valence-corrected chi connectivity index (χ4v) is 1.58. The van der Waals surface area contributed by atoms with E-state index in [1.165, 1.54) is 0 Å². The second-order valence-electron chi connectivity index (χ2n) is 3.36. The van der Waals surface area contributed by atoms with Crippen LogP contribution >= 0.6 is 11.6 Å². The number of halogens is 2. The fourth-order valence-electron chi connectivity index (χ4n) is 1.40. The van der Waals surface area contributed by atoms with Crippen LogP contribution in [0.3, 0.4) is 0 Å². The van der Waals surface area contributed by atoms with Crippen molar-refractivity contribution < 1.29 is 4.39 Å². The van der Waals surface area contributed by atoms with Gasteiger partial charge in [-0.05, 0) is 24.1 Å². The summed E-state index contributed by atoms with van der Waals surface area (Å²) in [6.07, 6.45) is 0. The van der Waals surface area contributed by atoms with Crippen molar-refractivity contribution in [2.24, 2.45) is 0 Å². The molecule has 0 aliphatic carbocycles. The molecule has 75 valence electrons. The molecule has 0 nitrogen and oxygen atoms in total. The van der Waals surface area contributed by atoms with Crippen LogP contribution in [0.25, 0.3) is 11.1 Å². The van der Waals surface area contributed by atoms with E-state index in [0.717, 1.165) is 11.1 Å². The Morgan fingerprint density at radius 2 is 2.07 bits per heavy atom. The Morgan fingerprint density at radius 1 is 1.27 bits per heavy atom. The van der Waals surface area contributed by atoms with Crippen LogP contribution in [0.15, 0.2) is 36.4 Å². The molecule has 0 saturated heterocycles. The van der Waals surface area contributed by atoms with Gasteiger partial charge in [0, 0.05) is 16.7 Å². The average molecular weight is 220 g/mol. The minimum atomic E-state index is -0.350. The quantitative estimate of drug-likeness (QED) is 0.673. The molecule has 0 aromatic heterocycles. The van der Waals surface area contributed by atoms with Gasteiger partial charge in [0.25, 0.3) is 0 Å². The van der Waals surface area contributed by atoms with E-state index in [0.29, 0.717) is 10.6 Å². The monoisotopic (exact) mass is 219 g/mol. The lowest BCUT2D eigenvalue weighted by Gasteiger charge is -2.04. The smallest absolute Gasteiger partial charge is 0.138 e. The maximum absolute atomic E-state index is 13.4. The van der Waals surface area contributed by atoms with Gasteiger partial charge in [-0.25, -0.2) is 4.39 Å². The van der Waals surface area contributed by atoms with Gasteiger partial charge in [-0.1, -0.05) is 41.9 Å². The molecule has 0 fully saturated rings. The summed E-state index contributed by atoms with van der Waals surface area (Å²) in [5.41, 5.74) is 2.29. The SMILES string of the molecule is Cc1ccc(-c2ccc[c]c2F)cc1Cl. The number of benzene rings is 2. The molecule has 0 spiro atoms. The van der Waals surface area contributed by atoms with Crippen LogP contribution in [-0.4, -0.2) is 0 Å². The van der Waals surface area contributed by atoms with E-state index in [-0.39, 0.29) is 5.82 Å². The van der Waals surface area contributed by atoms with E-state index in [2.05, 4.69) is 6.07 Å². The first kappa shape index (κ1) is 10.2. The van der Waals surface area contributed by atoms with Gasteiger partial charge in [-0.2, -0.15) is 0 Å². The summed E-state index contributed by atoms with van der Waals surface area (Å²) in [4.78, 5) is 0. The van der Waals surface area contributed by atoms with E-state index in [1.807, 2.05) is 19.1 Å². The van der Waals surface area contributed by atoms with Crippen LogP contribution in [0, 0.1) is 18.8 Å². The zero-order valence-electron chi connectivity index (χ0n) is 8.22. The van der Waals surface area contributed by atoms with Gasteiger partial charge in [-0.15, -0.1) is 0 Å². The van der Waals surface area contributed by atoms with E-state index < -0.39 is 0 Å². The number of aryl methyl sites for hydroxylation is 1. The molecule has 0 amide bonds. The Morgan fingerprint density at radius 3 is 2.73 bits per heavy atom. The van der Waals surface area contributed by atoms with E-state index in [9.17, 15) is 4.39 Å². The molecule has 2 heteroatoms. The molecule has 15 heavy (non-hydrogen) atoms. The largest absolute Gasteiger partial charge is 0.206 e. The molecule has 2 aromatic rings. The van der Waals surface area contributed by atoms with Crippen molar-refractivity contribution in [3.05, 3.63) is 58.9 Å². The number of rotatable bonds is 1. The van der Waals surface area contributed by atoms with Gasteiger partial charge >= 0.3 is 0 Å². The van der Waals surface area contributed by atoms with E-state index in [4.69, 9.17) is 11.6 Å². The van der Waals surface area contributed by atoms with Gasteiger partial charge in [-0.3, -0.25) is 0 Å². The predicted molar refractivity (Wildman–Crippen MR) is 60.4 cm³/mol. The van der Waals surface area contributed by atoms with Crippen LogP contribution in [0.5, 0.6) is 0 Å². The Balaban J connectivity index is 2.55. The van der Waals surface area contributed by atoms with Crippen molar-refractivity contribution in [3.63, 3.8) is 0 Å². The highest BCUT2D eigenvalue weighted by Crippen LogP contribution is 2.26. The first-order valence-electron chi connectivity index (χ1n) is 4.61. The van der Waals surface area contributed by atoms with Crippen LogP contribution < -0.4 is 0 Å². The molecule has 0 heterocycles. The first-order chi connectivity index (χ1) is 7.18. The van der Waals surface area contributed by atoms with E-state index in [1.54, 1.807) is 24.3 Å². The lowest BCUT2D eigenvalue weighted by molar-refractivity contribution is 0.629. The standard InChI is InChI=1S/C13H9ClF/c1-9-6-7-10(8-12(9)14)11-4-2-3-5-13(11)15/h2-4,6-8H,1H3. The van der Waals surface area contributed by atoms with Crippen LogP contribution in [-0.2, 0) is 0 Å². The van der Waals surface area contributed by atoms with Crippen LogP contribution in [0.1, 0.15) is 5.56 Å². The molecule has 0 N–H and O–H groups in total. The third-order valence-corrected chi connectivity index (χ3v) is 2.70. The maximum Gasteiger partial charge on any atom is 0.138 e. The maximum atomic E-state index is 13.4. The number of hydrogen-bond acceptors (Lipinski definition) is 0. The second-order valence-corrected chi connectivity index (χ2v) is 3.77. The van der Waals surface area contributed by atoms with Crippen molar-refractivity contribution in [1.82, 2.24) is 0 Å². The summed E-state index contributed by atoms with van der Waals surface area (Å²) in [7, 11) is 0. The van der Waals surface area contributed by atoms with Crippen LogP contribution in [0.4, 0.5) is 4.39 Å². The highest BCUT2D eigenvalue weighted by molar-refractivity contribution is 6.31. The minimum absolute atomic E-state index is 0.350. The van der Waals surface area contributed by atoms with Crippen LogP contribution in [0.2, 0.25) is 5.02 Å². The minimum Gasteiger partial charge on any atom is -0.206 e. The first-order valence-corrected chi connectivity index (χ1v) is 4.99.